The molecule has 10 heteroatoms. The predicted octanol–water partition coefficient (Wildman–Crippen LogP) is 5.85. The normalized spacial score (nSPS) is 13.3. The van der Waals surface area contributed by atoms with Gasteiger partial charge in [0.1, 0.15) is 29.3 Å². The van der Waals surface area contributed by atoms with Crippen LogP contribution < -0.4 is 10.1 Å². The number of thiophene rings is 1. The van der Waals surface area contributed by atoms with E-state index in [0.717, 1.165) is 58.2 Å². The van der Waals surface area contributed by atoms with Crippen molar-refractivity contribution < 1.29 is 9.53 Å². The first-order valence-electron chi connectivity index (χ1n) is 13.0. The molecule has 1 amide bonds. The molecular weight excluding hydrogens is 532 g/mol. The van der Waals surface area contributed by atoms with Gasteiger partial charge in [-0.05, 0) is 68.4 Å². The quantitative estimate of drug-likeness (QED) is 0.243. The van der Waals surface area contributed by atoms with Crippen molar-refractivity contribution in [3.63, 3.8) is 0 Å². The molecule has 3 aromatic heterocycles. The fraction of sp³-hybridized carbons (Fsp3) is 0.310. The number of nitrogens with one attached hydrogen (secondary N) is 1. The van der Waals surface area contributed by atoms with Gasteiger partial charge in [-0.25, -0.2) is 9.97 Å². The first-order valence-corrected chi connectivity index (χ1v) is 14.2. The lowest BCUT2D eigenvalue weighted by molar-refractivity contribution is -0.126. The zero-order valence-electron chi connectivity index (χ0n) is 22.1. The third kappa shape index (κ3) is 6.55. The van der Waals surface area contributed by atoms with Crippen molar-refractivity contribution in [2.75, 3.05) is 32.0 Å². The Morgan fingerprint density at radius 3 is 2.95 bits per heavy atom. The molecule has 0 fully saturated rings. The Bertz CT molecular complexity index is 1480. The second-order valence-electron chi connectivity index (χ2n) is 9.38. The van der Waals surface area contributed by atoms with Crippen LogP contribution in [0.1, 0.15) is 29.5 Å². The minimum absolute atomic E-state index is 0.0571. The Balaban J connectivity index is 1.27. The molecule has 4 heterocycles. The number of amides is 1. The van der Waals surface area contributed by atoms with Crippen molar-refractivity contribution >= 4 is 50.6 Å². The lowest BCUT2D eigenvalue weighted by Gasteiger charge is -2.26. The smallest absolute Gasteiger partial charge is 0.246 e. The number of hydrogen-bond donors (Lipinski definition) is 1. The molecule has 1 aliphatic rings. The van der Waals surface area contributed by atoms with Crippen LogP contribution in [0, 0.1) is 0 Å². The highest BCUT2D eigenvalue weighted by molar-refractivity contribution is 7.19. The molecule has 0 bridgehead atoms. The van der Waals surface area contributed by atoms with E-state index < -0.39 is 0 Å². The molecule has 8 nitrogen and oxygen atoms in total. The highest BCUT2D eigenvalue weighted by Gasteiger charge is 2.25. The lowest BCUT2D eigenvalue weighted by Crippen LogP contribution is -2.34. The van der Waals surface area contributed by atoms with Gasteiger partial charge in [-0.1, -0.05) is 30.7 Å². The Labute approximate surface area is 237 Å². The van der Waals surface area contributed by atoms with Gasteiger partial charge in [-0.3, -0.25) is 9.78 Å². The summed E-state index contributed by atoms with van der Waals surface area (Å²) in [4.78, 5) is 32.3. The molecule has 1 N–H and O–H groups in total. The number of carbonyl (C=O) groups excluding carboxylic acids is 1. The van der Waals surface area contributed by atoms with Gasteiger partial charge in [0.15, 0.2) is 0 Å². The topological polar surface area (TPSA) is 83.5 Å². The number of halogens is 1. The third-order valence-electron chi connectivity index (χ3n) is 6.72. The number of pyridine rings is 1. The molecule has 0 saturated heterocycles. The van der Waals surface area contributed by atoms with Crippen molar-refractivity contribution in [3.05, 3.63) is 82.2 Å². The SMILES string of the molecule is CCN(C)CCC=CC(=O)N1CCc2c(sc3ncnc(Nc4ccc(OCc5ccccn5)c(Cl)c4)c23)C1. The summed E-state index contributed by atoms with van der Waals surface area (Å²) in [7, 11) is 2.08. The summed E-state index contributed by atoms with van der Waals surface area (Å²) in [6.45, 7) is 5.67. The summed E-state index contributed by atoms with van der Waals surface area (Å²) >= 11 is 8.15. The van der Waals surface area contributed by atoms with Gasteiger partial charge in [0.2, 0.25) is 5.91 Å². The minimum atomic E-state index is 0.0571. The van der Waals surface area contributed by atoms with Gasteiger partial charge in [0.25, 0.3) is 0 Å². The van der Waals surface area contributed by atoms with Gasteiger partial charge < -0.3 is 19.9 Å². The Hall–Kier alpha value is -3.53. The molecule has 0 saturated carbocycles. The summed E-state index contributed by atoms with van der Waals surface area (Å²) in [5.74, 6) is 1.38. The molecule has 0 aliphatic carbocycles. The van der Waals surface area contributed by atoms with Crippen LogP contribution in [0.5, 0.6) is 5.75 Å². The van der Waals surface area contributed by atoms with E-state index in [2.05, 4.69) is 39.1 Å². The summed E-state index contributed by atoms with van der Waals surface area (Å²) in [5, 5.41) is 4.92. The number of hydrogen-bond acceptors (Lipinski definition) is 8. The van der Waals surface area contributed by atoms with Crippen LogP contribution in [-0.2, 0) is 24.4 Å². The van der Waals surface area contributed by atoms with E-state index >= 15 is 0 Å². The van der Waals surface area contributed by atoms with E-state index in [0.29, 0.717) is 30.5 Å². The number of fused-ring (bicyclic) bond motifs is 3. The van der Waals surface area contributed by atoms with Gasteiger partial charge >= 0.3 is 0 Å². The van der Waals surface area contributed by atoms with Crippen molar-refractivity contribution in [1.82, 2.24) is 24.8 Å². The van der Waals surface area contributed by atoms with Crippen molar-refractivity contribution in [2.45, 2.75) is 32.9 Å². The van der Waals surface area contributed by atoms with Crippen molar-refractivity contribution in [1.29, 1.82) is 0 Å². The van der Waals surface area contributed by atoms with E-state index in [4.69, 9.17) is 16.3 Å². The Morgan fingerprint density at radius 1 is 1.26 bits per heavy atom. The van der Waals surface area contributed by atoms with Gasteiger partial charge in [-0.2, -0.15) is 0 Å². The zero-order valence-corrected chi connectivity index (χ0v) is 23.6. The maximum absolute atomic E-state index is 12.8. The zero-order chi connectivity index (χ0) is 27.2. The number of aromatic nitrogens is 3. The van der Waals surface area contributed by atoms with E-state index in [1.54, 1.807) is 29.9 Å². The number of rotatable bonds is 10. The van der Waals surface area contributed by atoms with Crippen LogP contribution in [-0.4, -0.2) is 57.3 Å². The molecule has 1 aromatic carbocycles. The molecule has 0 radical (unpaired) electrons. The molecule has 0 spiro atoms. The maximum atomic E-state index is 12.8. The molecule has 0 unspecified atom stereocenters. The number of anilines is 2. The monoisotopic (exact) mass is 562 g/mol. The fourth-order valence-corrected chi connectivity index (χ4v) is 5.86. The number of benzene rings is 1. The summed E-state index contributed by atoms with van der Waals surface area (Å²) in [6, 6.07) is 11.3. The van der Waals surface area contributed by atoms with Crippen LogP contribution in [0.3, 0.4) is 0 Å². The molecule has 4 aromatic rings. The van der Waals surface area contributed by atoms with Gasteiger partial charge in [0, 0.05) is 29.9 Å². The van der Waals surface area contributed by atoms with Crippen LogP contribution >= 0.6 is 22.9 Å². The summed E-state index contributed by atoms with van der Waals surface area (Å²) in [6.07, 6.45) is 8.61. The van der Waals surface area contributed by atoms with Crippen LogP contribution in [0.25, 0.3) is 10.2 Å². The van der Waals surface area contributed by atoms with Crippen molar-refractivity contribution in [3.8, 4) is 5.75 Å². The fourth-order valence-electron chi connectivity index (χ4n) is 4.42. The molecule has 0 atom stereocenters. The molecule has 5 rings (SSSR count). The summed E-state index contributed by atoms with van der Waals surface area (Å²) < 4.78 is 5.85. The first kappa shape index (κ1) is 27.1. The summed E-state index contributed by atoms with van der Waals surface area (Å²) in [5.41, 5.74) is 2.84. The van der Waals surface area contributed by atoms with E-state index in [9.17, 15) is 4.79 Å². The minimum Gasteiger partial charge on any atom is -0.486 e. The Kier molecular flexibility index (Phi) is 8.71. The van der Waals surface area contributed by atoms with Crippen LogP contribution in [0.2, 0.25) is 5.02 Å². The lowest BCUT2D eigenvalue weighted by atomic mass is 10.0. The molecule has 202 valence electrons. The van der Waals surface area contributed by atoms with Crippen LogP contribution in [0.15, 0.2) is 61.1 Å². The van der Waals surface area contributed by atoms with Gasteiger partial charge in [0.05, 0.1) is 22.6 Å². The highest BCUT2D eigenvalue weighted by atomic mass is 35.5. The second-order valence-corrected chi connectivity index (χ2v) is 10.9. The van der Waals surface area contributed by atoms with Gasteiger partial charge in [-0.15, -0.1) is 11.3 Å². The number of carbonyl (C=O) groups is 1. The van der Waals surface area contributed by atoms with Crippen LogP contribution in [0.4, 0.5) is 11.5 Å². The van der Waals surface area contributed by atoms with E-state index in [1.165, 1.54) is 5.56 Å². The number of nitrogens with zero attached hydrogens (tertiary/aromatic N) is 5. The first-order chi connectivity index (χ1) is 19.0. The molecule has 1 aliphatic heterocycles. The van der Waals surface area contributed by atoms with E-state index in [-0.39, 0.29) is 5.91 Å². The predicted molar refractivity (Wildman–Crippen MR) is 157 cm³/mol. The molecular formula is C29H31ClN6O2S. The molecule has 39 heavy (non-hydrogen) atoms. The second kappa shape index (κ2) is 12.5. The third-order valence-corrected chi connectivity index (χ3v) is 8.14. The average molecular weight is 563 g/mol. The number of ether oxygens (including phenoxy) is 1. The average Bonchev–Trinajstić information content (AvgIpc) is 3.34. The Morgan fingerprint density at radius 2 is 2.15 bits per heavy atom. The standard InChI is InChI=1S/C29H31ClN6O2S/c1-3-35(2)14-7-5-9-26(37)36-15-12-22-25(17-36)39-29-27(22)28(32-19-33-29)34-20-10-11-24(23(30)16-20)38-18-21-8-4-6-13-31-21/h4-6,8-11,13,16,19H,3,7,12,14-15,17-18H2,1-2H3,(H,32,33,34). The maximum Gasteiger partial charge on any atom is 0.246 e. The van der Waals surface area contributed by atoms with E-state index in [1.807, 2.05) is 47.4 Å². The largest absolute Gasteiger partial charge is 0.486 e. The highest BCUT2D eigenvalue weighted by Crippen LogP contribution is 2.38. The van der Waals surface area contributed by atoms with Crippen molar-refractivity contribution in [2.24, 2.45) is 0 Å².